The van der Waals surface area contributed by atoms with Crippen LogP contribution in [0.4, 0.5) is 0 Å². The number of allylic oxidation sites excluding steroid dienone is 4. The van der Waals surface area contributed by atoms with Gasteiger partial charge in [-0.15, -0.1) is 10.2 Å². The molecule has 2 fully saturated rings. The summed E-state index contributed by atoms with van der Waals surface area (Å²) in [5, 5.41) is 18.8. The highest BCUT2D eigenvalue weighted by Gasteiger charge is 2.61. The van der Waals surface area contributed by atoms with E-state index < -0.39 is 10.8 Å². The van der Waals surface area contributed by atoms with Gasteiger partial charge in [-0.2, -0.15) is 5.26 Å². The molecule has 1 heterocycles. The summed E-state index contributed by atoms with van der Waals surface area (Å²) < 4.78 is 11.5. The largest absolute Gasteiger partial charge is 0.422 e. The van der Waals surface area contributed by atoms with Gasteiger partial charge in [-0.1, -0.05) is 67.0 Å². The van der Waals surface area contributed by atoms with Crippen molar-refractivity contribution < 1.29 is 18.7 Å². The van der Waals surface area contributed by atoms with E-state index in [1.807, 2.05) is 26.0 Å². The average Bonchev–Trinajstić information content (AvgIpc) is 3.37. The van der Waals surface area contributed by atoms with E-state index in [2.05, 4.69) is 57.8 Å². The van der Waals surface area contributed by atoms with Crippen LogP contribution in [0.2, 0.25) is 0 Å². The highest BCUT2D eigenvalue weighted by Crippen LogP contribution is 2.67. The van der Waals surface area contributed by atoms with Gasteiger partial charge < -0.3 is 9.15 Å². The Morgan fingerprint density at radius 2 is 1.76 bits per heavy atom. The normalized spacial score (nSPS) is 31.3. The highest BCUT2D eigenvalue weighted by molar-refractivity contribution is 6.04. The number of ketones is 2. The van der Waals surface area contributed by atoms with E-state index in [0.29, 0.717) is 12.5 Å². The van der Waals surface area contributed by atoms with Crippen molar-refractivity contribution in [1.29, 1.82) is 5.26 Å². The van der Waals surface area contributed by atoms with E-state index in [9.17, 15) is 14.9 Å². The first-order chi connectivity index (χ1) is 19.4. The summed E-state index contributed by atoms with van der Waals surface area (Å²) in [6.45, 7) is 19.6. The molecular weight excluding hydrogens is 526 g/mol. The lowest BCUT2D eigenvalue weighted by Gasteiger charge is -2.61. The molecule has 4 rings (SSSR count). The number of carbonyl (C=O) groups excluding carboxylic acids is 2. The van der Waals surface area contributed by atoms with Crippen molar-refractivity contribution in [2.75, 3.05) is 7.11 Å². The lowest BCUT2D eigenvalue weighted by atomic mass is 9.42. The van der Waals surface area contributed by atoms with E-state index in [4.69, 9.17) is 9.15 Å². The number of hydrogen-bond acceptors (Lipinski definition) is 7. The predicted octanol–water partition coefficient (Wildman–Crippen LogP) is 7.86. The molecule has 230 valence electrons. The Morgan fingerprint density at radius 1 is 1.12 bits per heavy atom. The number of ether oxygens (including phenoxy) is 1. The number of hydrogen-bond donors (Lipinski definition) is 0. The summed E-state index contributed by atoms with van der Waals surface area (Å²) in [6, 6.07) is 2.18. The van der Waals surface area contributed by atoms with Gasteiger partial charge in [0.25, 0.3) is 0 Å². The molecule has 7 heteroatoms. The lowest BCUT2D eigenvalue weighted by molar-refractivity contribution is -0.131. The van der Waals surface area contributed by atoms with Gasteiger partial charge in [0.2, 0.25) is 11.8 Å². The first kappa shape index (κ1) is 32.3. The second-order valence-electron chi connectivity index (χ2n) is 15.9. The standard InChI is InChI=1S/C35H51N3O4/c1-23(39)19-26-33(8)20-24(21-36)28(40)32(6,7)25(33)11-12-34(26,9)31(4,5)15-18-35(16-13-30(2,3)14-17-35)29-38-37-27(42-29)22-41-10/h19-20,25H,11-18,22H2,1-10H3/b26-19-/t25-,33-,34+/m0/s1. The molecule has 0 bridgehead atoms. The Labute approximate surface area is 252 Å². The third-order valence-electron chi connectivity index (χ3n) is 11.9. The van der Waals surface area contributed by atoms with Crippen LogP contribution in [0.5, 0.6) is 0 Å². The van der Waals surface area contributed by atoms with Gasteiger partial charge in [-0.05, 0) is 86.5 Å². The van der Waals surface area contributed by atoms with Gasteiger partial charge in [-0.3, -0.25) is 9.59 Å². The topological polar surface area (TPSA) is 106 Å². The minimum Gasteiger partial charge on any atom is -0.422 e. The van der Waals surface area contributed by atoms with E-state index in [0.717, 1.165) is 62.8 Å². The molecule has 7 nitrogen and oxygen atoms in total. The van der Waals surface area contributed by atoms with Crippen LogP contribution in [0.3, 0.4) is 0 Å². The summed E-state index contributed by atoms with van der Waals surface area (Å²) in [5.41, 5.74) is -0.466. The van der Waals surface area contributed by atoms with Crippen molar-refractivity contribution in [3.8, 4) is 6.07 Å². The van der Waals surface area contributed by atoms with Crippen LogP contribution >= 0.6 is 0 Å². The molecular formula is C35H51N3O4. The third kappa shape index (κ3) is 5.34. The van der Waals surface area contributed by atoms with Gasteiger partial charge in [-0.25, -0.2) is 0 Å². The van der Waals surface area contributed by atoms with Crippen LogP contribution in [0, 0.1) is 44.3 Å². The maximum atomic E-state index is 13.3. The van der Waals surface area contributed by atoms with Crippen molar-refractivity contribution in [2.45, 2.75) is 126 Å². The van der Waals surface area contributed by atoms with Crippen LogP contribution in [-0.2, 0) is 26.3 Å². The van der Waals surface area contributed by atoms with Crippen LogP contribution in [0.25, 0.3) is 0 Å². The maximum absolute atomic E-state index is 13.3. The zero-order valence-electron chi connectivity index (χ0n) is 27.6. The second-order valence-corrected chi connectivity index (χ2v) is 15.9. The quantitative estimate of drug-likeness (QED) is 0.290. The Balaban J connectivity index is 1.74. The Hall–Kier alpha value is -2.59. The SMILES string of the molecule is COCc1nnc(C2(CCC(C)(C)[C@]3(C)CC[C@H]4C(C)(C)C(=O)C(C#N)=C[C@]4(C)/C3=C/C(C)=O)CCC(C)(C)CC2)o1. The highest BCUT2D eigenvalue weighted by atomic mass is 16.5. The molecule has 0 aromatic carbocycles. The Bertz CT molecular complexity index is 1330. The van der Waals surface area contributed by atoms with Crippen molar-refractivity contribution in [1.82, 2.24) is 10.2 Å². The fraction of sp³-hybridized carbons (Fsp3) is 0.743. The summed E-state index contributed by atoms with van der Waals surface area (Å²) in [5.74, 6) is 1.14. The molecule has 2 saturated carbocycles. The number of methoxy groups -OCH3 is 1. The van der Waals surface area contributed by atoms with E-state index in [-0.39, 0.29) is 44.7 Å². The number of aromatic nitrogens is 2. The molecule has 0 saturated heterocycles. The summed E-state index contributed by atoms with van der Waals surface area (Å²) in [6.07, 6.45) is 11.4. The molecule has 3 aliphatic rings. The summed E-state index contributed by atoms with van der Waals surface area (Å²) in [7, 11) is 1.63. The van der Waals surface area contributed by atoms with Crippen LogP contribution in [-0.4, -0.2) is 28.9 Å². The summed E-state index contributed by atoms with van der Waals surface area (Å²) in [4.78, 5) is 26.1. The van der Waals surface area contributed by atoms with Crippen LogP contribution < -0.4 is 0 Å². The van der Waals surface area contributed by atoms with Crippen molar-refractivity contribution in [3.63, 3.8) is 0 Å². The lowest BCUT2D eigenvalue weighted by Crippen LogP contribution is -2.55. The van der Waals surface area contributed by atoms with Crippen molar-refractivity contribution in [2.24, 2.45) is 33.0 Å². The zero-order chi connectivity index (χ0) is 31.4. The molecule has 0 spiro atoms. The number of nitrogens with zero attached hydrogens (tertiary/aromatic N) is 3. The van der Waals surface area contributed by atoms with Crippen LogP contribution in [0.1, 0.15) is 125 Å². The fourth-order valence-corrected chi connectivity index (χ4v) is 8.57. The van der Waals surface area contributed by atoms with E-state index >= 15 is 0 Å². The molecule has 0 N–H and O–H groups in total. The molecule has 42 heavy (non-hydrogen) atoms. The molecule has 0 unspecified atom stereocenters. The third-order valence-corrected chi connectivity index (χ3v) is 11.9. The van der Waals surface area contributed by atoms with Crippen molar-refractivity contribution in [3.05, 3.63) is 35.1 Å². The van der Waals surface area contributed by atoms with Gasteiger partial charge in [0.05, 0.1) is 5.57 Å². The van der Waals surface area contributed by atoms with Gasteiger partial charge in [0, 0.05) is 23.4 Å². The smallest absolute Gasteiger partial charge is 0.242 e. The summed E-state index contributed by atoms with van der Waals surface area (Å²) >= 11 is 0. The first-order valence-electron chi connectivity index (χ1n) is 15.6. The second kappa shape index (κ2) is 10.8. The van der Waals surface area contributed by atoms with E-state index in [1.54, 1.807) is 14.0 Å². The van der Waals surface area contributed by atoms with Gasteiger partial charge in [0.1, 0.15) is 12.7 Å². The first-order valence-corrected chi connectivity index (χ1v) is 15.6. The number of nitriles is 1. The van der Waals surface area contributed by atoms with Crippen LogP contribution in [0.15, 0.2) is 27.7 Å². The number of carbonyl (C=O) groups is 2. The Morgan fingerprint density at radius 3 is 2.33 bits per heavy atom. The molecule has 3 aliphatic carbocycles. The van der Waals surface area contributed by atoms with Gasteiger partial charge >= 0.3 is 0 Å². The molecule has 0 radical (unpaired) electrons. The average molecular weight is 578 g/mol. The number of rotatable bonds is 8. The number of fused-ring (bicyclic) bond motifs is 1. The predicted molar refractivity (Wildman–Crippen MR) is 162 cm³/mol. The van der Waals surface area contributed by atoms with Crippen molar-refractivity contribution >= 4 is 11.6 Å². The van der Waals surface area contributed by atoms with Gasteiger partial charge in [0.15, 0.2) is 11.6 Å². The minimum absolute atomic E-state index is 0.00183. The molecule has 1 aromatic heterocycles. The minimum atomic E-state index is -0.688. The monoisotopic (exact) mass is 577 g/mol. The molecule has 0 aliphatic heterocycles. The Kier molecular flexibility index (Phi) is 8.35. The zero-order valence-corrected chi connectivity index (χ0v) is 27.6. The maximum Gasteiger partial charge on any atom is 0.242 e. The molecule has 1 aromatic rings. The van der Waals surface area contributed by atoms with E-state index in [1.165, 1.54) is 0 Å². The molecule has 0 amide bonds. The molecule has 3 atom stereocenters. The number of Topliss-reactive ketones (excluding diaryl/α,β-unsaturated/α-hetero) is 1. The fourth-order valence-electron chi connectivity index (χ4n) is 8.57.